The van der Waals surface area contributed by atoms with Gasteiger partial charge in [0.25, 0.3) is 0 Å². The number of fused-ring (bicyclic) bond motifs is 3. The number of aromatic nitrogens is 2. The zero-order valence-corrected chi connectivity index (χ0v) is 14.4. The second-order valence-electron chi connectivity index (χ2n) is 6.30. The minimum absolute atomic E-state index is 0.00384. The van der Waals surface area contributed by atoms with Crippen LogP contribution >= 0.6 is 0 Å². The molecule has 0 radical (unpaired) electrons. The maximum Gasteiger partial charge on any atom is 0.347 e. The van der Waals surface area contributed by atoms with Crippen molar-refractivity contribution in [2.45, 2.75) is 20.4 Å². The van der Waals surface area contributed by atoms with E-state index in [-0.39, 0.29) is 12.5 Å². The molecule has 2 aromatic heterocycles. The number of para-hydroxylation sites is 1. The van der Waals surface area contributed by atoms with E-state index in [0.29, 0.717) is 16.5 Å². The summed E-state index contributed by atoms with van der Waals surface area (Å²) in [5.41, 5.74) is 3.63. The standard InChI is InChI=1S/C20H17N3O3/c1-12-7-8-14(9-13(12)2)22-18(24)11-23-19-15-5-3-4-6-17(15)26-20(25)16(19)10-21-23/h3-10H,11H2,1-2H3,(H,22,24). The summed E-state index contributed by atoms with van der Waals surface area (Å²) >= 11 is 0. The summed E-state index contributed by atoms with van der Waals surface area (Å²) < 4.78 is 6.84. The second kappa shape index (κ2) is 6.15. The van der Waals surface area contributed by atoms with Gasteiger partial charge in [-0.1, -0.05) is 18.2 Å². The zero-order valence-electron chi connectivity index (χ0n) is 14.4. The summed E-state index contributed by atoms with van der Waals surface area (Å²) in [7, 11) is 0. The Balaban J connectivity index is 1.70. The molecule has 0 unspecified atom stereocenters. The molecule has 0 bridgehead atoms. The molecule has 0 atom stereocenters. The van der Waals surface area contributed by atoms with E-state index in [1.165, 1.54) is 16.4 Å². The molecule has 4 rings (SSSR count). The first-order valence-corrected chi connectivity index (χ1v) is 8.27. The van der Waals surface area contributed by atoms with E-state index >= 15 is 0 Å². The van der Waals surface area contributed by atoms with Crippen LogP contribution in [0.4, 0.5) is 5.69 Å². The van der Waals surface area contributed by atoms with Gasteiger partial charge in [0, 0.05) is 11.1 Å². The molecule has 1 amide bonds. The van der Waals surface area contributed by atoms with Crippen LogP contribution in [0.25, 0.3) is 21.9 Å². The molecule has 0 aliphatic carbocycles. The van der Waals surface area contributed by atoms with Crippen molar-refractivity contribution in [3.8, 4) is 0 Å². The predicted molar refractivity (Wildman–Crippen MR) is 100 cm³/mol. The highest BCUT2D eigenvalue weighted by Gasteiger charge is 2.15. The van der Waals surface area contributed by atoms with Crippen molar-refractivity contribution in [2.24, 2.45) is 0 Å². The highest BCUT2D eigenvalue weighted by molar-refractivity contribution is 6.02. The number of anilines is 1. The lowest BCUT2D eigenvalue weighted by Crippen LogP contribution is -2.19. The molecule has 0 fully saturated rings. The van der Waals surface area contributed by atoms with Gasteiger partial charge < -0.3 is 9.73 Å². The highest BCUT2D eigenvalue weighted by Crippen LogP contribution is 2.22. The van der Waals surface area contributed by atoms with E-state index in [4.69, 9.17) is 4.42 Å². The topological polar surface area (TPSA) is 77.1 Å². The molecule has 26 heavy (non-hydrogen) atoms. The molecule has 0 aliphatic heterocycles. The third kappa shape index (κ3) is 2.75. The molecule has 6 heteroatoms. The molecule has 4 aromatic rings. The molecular formula is C20H17N3O3. The van der Waals surface area contributed by atoms with Crippen molar-refractivity contribution in [1.82, 2.24) is 9.78 Å². The number of carbonyl (C=O) groups excluding carboxylic acids is 1. The van der Waals surface area contributed by atoms with E-state index in [9.17, 15) is 9.59 Å². The fraction of sp³-hybridized carbons (Fsp3) is 0.150. The fourth-order valence-electron chi connectivity index (χ4n) is 3.00. The van der Waals surface area contributed by atoms with Crippen LogP contribution in [0.3, 0.4) is 0 Å². The van der Waals surface area contributed by atoms with E-state index in [0.717, 1.165) is 16.6 Å². The van der Waals surface area contributed by atoms with Crippen molar-refractivity contribution in [3.63, 3.8) is 0 Å². The molecule has 130 valence electrons. The van der Waals surface area contributed by atoms with Crippen LogP contribution in [0.1, 0.15) is 11.1 Å². The Bertz CT molecular complexity index is 1200. The maximum atomic E-state index is 12.5. The average molecular weight is 347 g/mol. The van der Waals surface area contributed by atoms with Gasteiger partial charge >= 0.3 is 5.63 Å². The molecule has 6 nitrogen and oxygen atoms in total. The first-order chi connectivity index (χ1) is 12.5. The predicted octanol–water partition coefficient (Wildman–Crippen LogP) is 3.40. The van der Waals surface area contributed by atoms with Gasteiger partial charge in [-0.05, 0) is 49.2 Å². The number of nitrogens with zero attached hydrogens (tertiary/aromatic N) is 2. The van der Waals surface area contributed by atoms with Crippen LogP contribution < -0.4 is 10.9 Å². The van der Waals surface area contributed by atoms with Gasteiger partial charge in [-0.2, -0.15) is 5.10 Å². The first-order valence-electron chi connectivity index (χ1n) is 8.27. The zero-order chi connectivity index (χ0) is 18.3. The third-order valence-corrected chi connectivity index (χ3v) is 4.49. The molecule has 0 aliphatic rings. The molecule has 2 aromatic carbocycles. The number of amides is 1. The first kappa shape index (κ1) is 16.1. The Morgan fingerprint density at radius 3 is 2.73 bits per heavy atom. The minimum Gasteiger partial charge on any atom is -0.422 e. The molecule has 0 spiro atoms. The number of benzene rings is 2. The average Bonchev–Trinajstić information content (AvgIpc) is 3.03. The van der Waals surface area contributed by atoms with Crippen molar-refractivity contribution in [3.05, 3.63) is 70.2 Å². The van der Waals surface area contributed by atoms with Crippen molar-refractivity contribution >= 4 is 33.5 Å². The summed E-state index contributed by atoms with van der Waals surface area (Å²) in [5.74, 6) is -0.212. The fourth-order valence-corrected chi connectivity index (χ4v) is 3.00. The Morgan fingerprint density at radius 1 is 1.12 bits per heavy atom. The van der Waals surface area contributed by atoms with Gasteiger partial charge in [0.1, 0.15) is 17.5 Å². The van der Waals surface area contributed by atoms with Crippen LogP contribution in [0, 0.1) is 13.8 Å². The number of hydrogen-bond acceptors (Lipinski definition) is 4. The molecule has 2 heterocycles. The molecule has 0 saturated carbocycles. The Hall–Kier alpha value is -3.41. The Labute approximate surface area is 149 Å². The maximum absolute atomic E-state index is 12.5. The van der Waals surface area contributed by atoms with Crippen molar-refractivity contribution < 1.29 is 9.21 Å². The van der Waals surface area contributed by atoms with Gasteiger partial charge in [0.05, 0.1) is 11.7 Å². The van der Waals surface area contributed by atoms with Gasteiger partial charge in [-0.15, -0.1) is 0 Å². The number of aryl methyl sites for hydroxylation is 2. The van der Waals surface area contributed by atoms with E-state index in [1.807, 2.05) is 44.2 Å². The van der Waals surface area contributed by atoms with Crippen LogP contribution in [-0.4, -0.2) is 15.7 Å². The van der Waals surface area contributed by atoms with Crippen LogP contribution in [-0.2, 0) is 11.3 Å². The number of carbonyl (C=O) groups is 1. The third-order valence-electron chi connectivity index (χ3n) is 4.49. The summed E-state index contributed by atoms with van der Waals surface area (Å²) in [5, 5.41) is 8.20. The van der Waals surface area contributed by atoms with Crippen LogP contribution in [0.15, 0.2) is 57.9 Å². The minimum atomic E-state index is -0.459. The summed E-state index contributed by atoms with van der Waals surface area (Å²) in [4.78, 5) is 24.6. The summed E-state index contributed by atoms with van der Waals surface area (Å²) in [6, 6.07) is 13.0. The van der Waals surface area contributed by atoms with E-state index in [2.05, 4.69) is 10.4 Å². The van der Waals surface area contributed by atoms with Crippen molar-refractivity contribution in [1.29, 1.82) is 0 Å². The quantitative estimate of drug-likeness (QED) is 0.576. The lowest BCUT2D eigenvalue weighted by molar-refractivity contribution is -0.116. The Kier molecular flexibility index (Phi) is 3.80. The monoisotopic (exact) mass is 347 g/mol. The van der Waals surface area contributed by atoms with Gasteiger partial charge in [0.15, 0.2) is 0 Å². The second-order valence-corrected chi connectivity index (χ2v) is 6.30. The smallest absolute Gasteiger partial charge is 0.347 e. The normalized spacial score (nSPS) is 11.2. The highest BCUT2D eigenvalue weighted by atomic mass is 16.4. The molecule has 0 saturated heterocycles. The van der Waals surface area contributed by atoms with Crippen LogP contribution in [0.2, 0.25) is 0 Å². The van der Waals surface area contributed by atoms with E-state index in [1.54, 1.807) is 12.1 Å². The van der Waals surface area contributed by atoms with Gasteiger partial charge in [0.2, 0.25) is 5.91 Å². The van der Waals surface area contributed by atoms with E-state index < -0.39 is 5.63 Å². The van der Waals surface area contributed by atoms with Gasteiger partial charge in [-0.3, -0.25) is 9.48 Å². The summed E-state index contributed by atoms with van der Waals surface area (Å²) in [6.45, 7) is 4.02. The van der Waals surface area contributed by atoms with Crippen LogP contribution in [0.5, 0.6) is 0 Å². The number of nitrogens with one attached hydrogen (secondary N) is 1. The number of rotatable bonds is 3. The Morgan fingerprint density at radius 2 is 1.92 bits per heavy atom. The largest absolute Gasteiger partial charge is 0.422 e. The molecular weight excluding hydrogens is 330 g/mol. The van der Waals surface area contributed by atoms with Gasteiger partial charge in [-0.25, -0.2) is 4.79 Å². The number of hydrogen-bond donors (Lipinski definition) is 1. The lowest BCUT2D eigenvalue weighted by Gasteiger charge is -2.09. The van der Waals surface area contributed by atoms with Crippen molar-refractivity contribution in [2.75, 3.05) is 5.32 Å². The summed E-state index contributed by atoms with van der Waals surface area (Å²) in [6.07, 6.45) is 1.44. The SMILES string of the molecule is Cc1ccc(NC(=O)Cn2ncc3c(=O)oc4ccccc4c32)cc1C. The molecule has 1 N–H and O–H groups in total. The lowest BCUT2D eigenvalue weighted by atomic mass is 10.1.